The molecule has 0 aliphatic rings. The number of carboxylic acid groups (broad SMARTS) is 1. The molecule has 0 bridgehead atoms. The van der Waals surface area contributed by atoms with Crippen molar-refractivity contribution in [3.05, 3.63) is 0 Å². The van der Waals surface area contributed by atoms with Gasteiger partial charge in [0.25, 0.3) is 0 Å². The molecule has 0 aliphatic carbocycles. The third-order valence-corrected chi connectivity index (χ3v) is 4.82. The SMILES string of the molecule is CCCCCCCCCCCCCCCC(=O)OC(C)CCCC(=O)O. The molecule has 0 heterocycles. The lowest BCUT2D eigenvalue weighted by Crippen LogP contribution is -2.15. The van der Waals surface area contributed by atoms with Gasteiger partial charge in [-0.3, -0.25) is 9.59 Å². The van der Waals surface area contributed by atoms with Crippen LogP contribution in [0.25, 0.3) is 0 Å². The molecule has 4 heteroatoms. The number of carbonyl (C=O) groups is 2. The minimum Gasteiger partial charge on any atom is -0.481 e. The summed E-state index contributed by atoms with van der Waals surface area (Å²) >= 11 is 0. The van der Waals surface area contributed by atoms with Crippen LogP contribution >= 0.6 is 0 Å². The van der Waals surface area contributed by atoms with Crippen molar-refractivity contribution < 1.29 is 19.4 Å². The number of rotatable bonds is 19. The Bertz CT molecular complexity index is 341. The maximum atomic E-state index is 11.7. The van der Waals surface area contributed by atoms with Crippen LogP contribution in [0, 0.1) is 0 Å². The van der Waals surface area contributed by atoms with Crippen LogP contribution in [0.15, 0.2) is 0 Å². The molecule has 4 nitrogen and oxygen atoms in total. The van der Waals surface area contributed by atoms with Gasteiger partial charge in [0, 0.05) is 12.8 Å². The zero-order chi connectivity index (χ0) is 19.5. The molecule has 0 aromatic carbocycles. The van der Waals surface area contributed by atoms with Crippen molar-refractivity contribution in [2.75, 3.05) is 0 Å². The van der Waals surface area contributed by atoms with E-state index in [-0.39, 0.29) is 18.5 Å². The molecule has 1 unspecified atom stereocenters. The van der Waals surface area contributed by atoms with Gasteiger partial charge in [0.05, 0.1) is 6.10 Å². The highest BCUT2D eigenvalue weighted by atomic mass is 16.5. The number of hydrogen-bond donors (Lipinski definition) is 1. The molecule has 0 aromatic heterocycles. The molecule has 0 rings (SSSR count). The minimum atomic E-state index is -0.796. The fourth-order valence-electron chi connectivity index (χ4n) is 3.17. The Morgan fingerprint density at radius 2 is 1.19 bits per heavy atom. The number of carbonyl (C=O) groups excluding carboxylic acids is 1. The second-order valence-corrected chi connectivity index (χ2v) is 7.58. The number of unbranched alkanes of at least 4 members (excludes halogenated alkanes) is 12. The van der Waals surface area contributed by atoms with Gasteiger partial charge in [0.1, 0.15) is 0 Å². The van der Waals surface area contributed by atoms with Gasteiger partial charge < -0.3 is 9.84 Å². The van der Waals surface area contributed by atoms with Crippen LogP contribution in [-0.4, -0.2) is 23.1 Å². The molecule has 1 atom stereocenters. The number of ether oxygens (including phenoxy) is 1. The molecule has 0 amide bonds. The number of carboxylic acids is 1. The molecule has 0 spiro atoms. The fraction of sp³-hybridized carbons (Fsp3) is 0.909. The fourth-order valence-corrected chi connectivity index (χ4v) is 3.17. The Morgan fingerprint density at radius 3 is 1.65 bits per heavy atom. The Morgan fingerprint density at radius 1 is 0.731 bits per heavy atom. The summed E-state index contributed by atoms with van der Waals surface area (Å²) in [5.41, 5.74) is 0. The van der Waals surface area contributed by atoms with Gasteiger partial charge in [-0.15, -0.1) is 0 Å². The van der Waals surface area contributed by atoms with Crippen LogP contribution in [0.5, 0.6) is 0 Å². The van der Waals surface area contributed by atoms with Gasteiger partial charge in [-0.05, 0) is 26.2 Å². The van der Waals surface area contributed by atoms with Crippen LogP contribution < -0.4 is 0 Å². The number of hydrogen-bond acceptors (Lipinski definition) is 3. The van der Waals surface area contributed by atoms with Gasteiger partial charge >= 0.3 is 11.9 Å². The molecular formula is C22H42O4. The maximum absolute atomic E-state index is 11.7. The van der Waals surface area contributed by atoms with E-state index in [0.29, 0.717) is 19.3 Å². The van der Waals surface area contributed by atoms with E-state index in [1.807, 2.05) is 6.92 Å². The summed E-state index contributed by atoms with van der Waals surface area (Å²) in [6.45, 7) is 4.10. The number of esters is 1. The molecule has 0 fully saturated rings. The van der Waals surface area contributed by atoms with Gasteiger partial charge in [-0.25, -0.2) is 0 Å². The Labute approximate surface area is 161 Å². The van der Waals surface area contributed by atoms with Gasteiger partial charge in [-0.1, -0.05) is 84.0 Å². The molecule has 26 heavy (non-hydrogen) atoms. The molecule has 0 aromatic rings. The van der Waals surface area contributed by atoms with Crippen LogP contribution in [0.4, 0.5) is 0 Å². The molecular weight excluding hydrogens is 328 g/mol. The average molecular weight is 371 g/mol. The minimum absolute atomic E-state index is 0.140. The first-order chi connectivity index (χ1) is 12.6. The van der Waals surface area contributed by atoms with E-state index in [0.717, 1.165) is 12.8 Å². The first kappa shape index (κ1) is 24.9. The summed E-state index contributed by atoms with van der Waals surface area (Å²) < 4.78 is 5.31. The van der Waals surface area contributed by atoms with E-state index in [1.54, 1.807) is 0 Å². The summed E-state index contributed by atoms with van der Waals surface area (Å²) in [6.07, 6.45) is 18.5. The lowest BCUT2D eigenvalue weighted by Gasteiger charge is -2.12. The van der Waals surface area contributed by atoms with Crippen LogP contribution in [0.1, 0.15) is 123 Å². The zero-order valence-corrected chi connectivity index (χ0v) is 17.3. The van der Waals surface area contributed by atoms with Gasteiger partial charge in [0.15, 0.2) is 0 Å². The summed E-state index contributed by atoms with van der Waals surface area (Å²) in [7, 11) is 0. The molecule has 154 valence electrons. The van der Waals surface area contributed by atoms with Crippen molar-refractivity contribution in [1.29, 1.82) is 0 Å². The third-order valence-electron chi connectivity index (χ3n) is 4.82. The quantitative estimate of drug-likeness (QED) is 0.204. The molecule has 1 N–H and O–H groups in total. The van der Waals surface area contributed by atoms with Crippen molar-refractivity contribution in [3.8, 4) is 0 Å². The second kappa shape index (κ2) is 18.7. The van der Waals surface area contributed by atoms with Crippen LogP contribution in [0.2, 0.25) is 0 Å². The molecule has 0 aliphatic heterocycles. The van der Waals surface area contributed by atoms with Gasteiger partial charge in [0.2, 0.25) is 0 Å². The Hall–Kier alpha value is -1.06. The number of aliphatic carboxylic acids is 1. The molecule has 0 saturated carbocycles. The molecule has 0 radical (unpaired) electrons. The maximum Gasteiger partial charge on any atom is 0.306 e. The summed E-state index contributed by atoms with van der Waals surface area (Å²) in [5.74, 6) is -0.939. The largest absolute Gasteiger partial charge is 0.481 e. The van der Waals surface area contributed by atoms with Crippen molar-refractivity contribution in [2.45, 2.75) is 129 Å². The van der Waals surface area contributed by atoms with Crippen molar-refractivity contribution in [1.82, 2.24) is 0 Å². The van der Waals surface area contributed by atoms with Crippen LogP contribution in [0.3, 0.4) is 0 Å². The lowest BCUT2D eigenvalue weighted by molar-refractivity contribution is -0.148. The van der Waals surface area contributed by atoms with E-state index in [9.17, 15) is 9.59 Å². The zero-order valence-electron chi connectivity index (χ0n) is 17.3. The van der Waals surface area contributed by atoms with E-state index < -0.39 is 5.97 Å². The van der Waals surface area contributed by atoms with E-state index >= 15 is 0 Å². The standard InChI is InChI=1S/C22H42O4/c1-3-4-5-6-7-8-9-10-11-12-13-14-15-19-22(25)26-20(2)17-16-18-21(23)24/h20H,3-19H2,1-2H3,(H,23,24). The monoisotopic (exact) mass is 370 g/mol. The first-order valence-corrected chi connectivity index (χ1v) is 11.0. The highest BCUT2D eigenvalue weighted by molar-refractivity contribution is 5.69. The van der Waals surface area contributed by atoms with Crippen molar-refractivity contribution >= 4 is 11.9 Å². The highest BCUT2D eigenvalue weighted by Gasteiger charge is 2.10. The lowest BCUT2D eigenvalue weighted by atomic mass is 10.0. The van der Waals surface area contributed by atoms with Crippen LogP contribution in [-0.2, 0) is 14.3 Å². The summed E-state index contributed by atoms with van der Waals surface area (Å²) in [6, 6.07) is 0. The predicted octanol–water partition coefficient (Wildman–Crippen LogP) is 6.65. The first-order valence-electron chi connectivity index (χ1n) is 11.0. The van der Waals surface area contributed by atoms with Crippen molar-refractivity contribution in [2.24, 2.45) is 0 Å². The predicted molar refractivity (Wildman–Crippen MR) is 107 cm³/mol. The smallest absolute Gasteiger partial charge is 0.306 e. The second-order valence-electron chi connectivity index (χ2n) is 7.58. The average Bonchev–Trinajstić information content (AvgIpc) is 2.58. The Balaban J connectivity index is 3.28. The third kappa shape index (κ3) is 19.3. The summed E-state index contributed by atoms with van der Waals surface area (Å²) in [5, 5.41) is 8.59. The Kier molecular flexibility index (Phi) is 18.0. The van der Waals surface area contributed by atoms with E-state index in [1.165, 1.54) is 70.6 Å². The highest BCUT2D eigenvalue weighted by Crippen LogP contribution is 2.13. The van der Waals surface area contributed by atoms with Crippen molar-refractivity contribution in [3.63, 3.8) is 0 Å². The van der Waals surface area contributed by atoms with E-state index in [2.05, 4.69) is 6.92 Å². The summed E-state index contributed by atoms with van der Waals surface area (Å²) in [4.78, 5) is 22.2. The normalized spacial score (nSPS) is 12.1. The topological polar surface area (TPSA) is 63.6 Å². The van der Waals surface area contributed by atoms with Gasteiger partial charge in [-0.2, -0.15) is 0 Å². The molecule has 0 saturated heterocycles. The van der Waals surface area contributed by atoms with E-state index in [4.69, 9.17) is 9.84 Å².